The summed E-state index contributed by atoms with van der Waals surface area (Å²) in [7, 11) is -3.44. The molecular formula is C21H28N2O3S2. The third kappa shape index (κ3) is 4.13. The third-order valence-electron chi connectivity index (χ3n) is 5.70. The van der Waals surface area contributed by atoms with Gasteiger partial charge in [-0.1, -0.05) is 18.2 Å². The van der Waals surface area contributed by atoms with E-state index in [0.717, 1.165) is 42.3 Å². The summed E-state index contributed by atoms with van der Waals surface area (Å²) in [5.41, 5.74) is 1.24. The monoisotopic (exact) mass is 420 g/mol. The molecule has 0 bridgehead atoms. The normalized spacial score (nSPS) is 19.7. The maximum absolute atomic E-state index is 12.9. The maximum atomic E-state index is 12.9. The van der Waals surface area contributed by atoms with Gasteiger partial charge >= 0.3 is 0 Å². The molecule has 1 fully saturated rings. The highest BCUT2D eigenvalue weighted by atomic mass is 32.2. The van der Waals surface area contributed by atoms with Crippen LogP contribution in [0, 0.1) is 0 Å². The van der Waals surface area contributed by atoms with Crippen molar-refractivity contribution >= 4 is 21.4 Å². The van der Waals surface area contributed by atoms with Crippen molar-refractivity contribution in [2.24, 2.45) is 0 Å². The number of thiophene rings is 1. The second-order valence-electron chi connectivity index (χ2n) is 7.86. The van der Waals surface area contributed by atoms with E-state index in [9.17, 15) is 8.42 Å². The van der Waals surface area contributed by atoms with Crippen LogP contribution in [0.2, 0.25) is 0 Å². The average molecular weight is 421 g/mol. The molecule has 0 radical (unpaired) electrons. The van der Waals surface area contributed by atoms with Gasteiger partial charge in [-0.2, -0.15) is 4.31 Å². The molecule has 5 nitrogen and oxygen atoms in total. The number of sulfonamides is 1. The van der Waals surface area contributed by atoms with Gasteiger partial charge in [-0.15, -0.1) is 11.3 Å². The van der Waals surface area contributed by atoms with Crippen LogP contribution in [0.4, 0.5) is 0 Å². The fourth-order valence-electron chi connectivity index (χ4n) is 3.95. The minimum Gasteiger partial charge on any atom is -0.481 e. The average Bonchev–Trinajstić information content (AvgIpc) is 3.10. The van der Waals surface area contributed by atoms with Crippen molar-refractivity contribution in [1.29, 1.82) is 0 Å². The number of piperidine rings is 1. The van der Waals surface area contributed by atoms with Gasteiger partial charge in [0.2, 0.25) is 10.0 Å². The van der Waals surface area contributed by atoms with E-state index in [0.29, 0.717) is 24.0 Å². The first-order valence-electron chi connectivity index (χ1n) is 10.0. The van der Waals surface area contributed by atoms with Crippen molar-refractivity contribution in [3.8, 4) is 5.06 Å². The molecule has 3 heterocycles. The standard InChI is InChI=1S/C21H28N2O3S2/c1-16(2)22-11-9-18(10-12-22)26-21-14-17-8-13-23(15-20(17)27-21)28(24,25)19-6-4-3-5-7-19/h3-7,14,16,18H,8-13,15H2,1-2H3. The van der Waals surface area contributed by atoms with Crippen LogP contribution in [0.5, 0.6) is 5.06 Å². The van der Waals surface area contributed by atoms with Crippen LogP contribution in [0.3, 0.4) is 0 Å². The molecule has 1 aromatic heterocycles. The Labute approximate surface area is 172 Å². The number of likely N-dealkylation sites (tertiary alicyclic amines) is 1. The van der Waals surface area contributed by atoms with E-state index >= 15 is 0 Å². The van der Waals surface area contributed by atoms with E-state index in [1.807, 2.05) is 6.07 Å². The number of hydrogen-bond acceptors (Lipinski definition) is 5. The number of nitrogens with zero attached hydrogens (tertiary/aromatic N) is 2. The van der Waals surface area contributed by atoms with E-state index in [-0.39, 0.29) is 6.10 Å². The van der Waals surface area contributed by atoms with Gasteiger partial charge in [0.1, 0.15) is 6.10 Å². The van der Waals surface area contributed by atoms with Crippen LogP contribution in [-0.4, -0.2) is 49.4 Å². The topological polar surface area (TPSA) is 49.9 Å². The zero-order valence-electron chi connectivity index (χ0n) is 16.5. The first kappa shape index (κ1) is 19.9. The summed E-state index contributed by atoms with van der Waals surface area (Å²) < 4.78 is 33.7. The highest BCUT2D eigenvalue weighted by Gasteiger charge is 2.30. The molecule has 0 atom stereocenters. The third-order valence-corrected chi connectivity index (χ3v) is 8.61. The second kappa shape index (κ2) is 8.14. The van der Waals surface area contributed by atoms with Gasteiger partial charge in [0.05, 0.1) is 4.90 Å². The molecular weight excluding hydrogens is 392 g/mol. The minimum atomic E-state index is -3.44. The Morgan fingerprint density at radius 3 is 2.50 bits per heavy atom. The zero-order chi connectivity index (χ0) is 19.7. The molecule has 2 aliphatic heterocycles. The van der Waals surface area contributed by atoms with Gasteiger partial charge in [0, 0.05) is 37.1 Å². The zero-order valence-corrected chi connectivity index (χ0v) is 18.1. The predicted octanol–water partition coefficient (Wildman–Crippen LogP) is 3.75. The summed E-state index contributed by atoms with van der Waals surface area (Å²) in [6.07, 6.45) is 3.11. The van der Waals surface area contributed by atoms with Gasteiger partial charge in [-0.3, -0.25) is 0 Å². The predicted molar refractivity (Wildman–Crippen MR) is 112 cm³/mol. The summed E-state index contributed by atoms with van der Waals surface area (Å²) in [6.45, 7) is 7.60. The Kier molecular flexibility index (Phi) is 5.78. The molecule has 0 saturated carbocycles. The molecule has 0 unspecified atom stereocenters. The fourth-order valence-corrected chi connectivity index (χ4v) is 6.60. The Bertz CT molecular complexity index is 901. The smallest absolute Gasteiger partial charge is 0.243 e. The quantitative estimate of drug-likeness (QED) is 0.739. The molecule has 2 aromatic rings. The summed E-state index contributed by atoms with van der Waals surface area (Å²) in [4.78, 5) is 3.97. The van der Waals surface area contributed by atoms with Gasteiger partial charge in [0.15, 0.2) is 5.06 Å². The van der Waals surface area contributed by atoms with Crippen LogP contribution < -0.4 is 4.74 Å². The lowest BCUT2D eigenvalue weighted by Crippen LogP contribution is -2.41. The van der Waals surface area contributed by atoms with Crippen LogP contribution in [0.1, 0.15) is 37.1 Å². The summed E-state index contributed by atoms with van der Waals surface area (Å²) in [5, 5.41) is 0.937. The number of rotatable bonds is 5. The number of ether oxygens (including phenoxy) is 1. The molecule has 0 N–H and O–H groups in total. The molecule has 7 heteroatoms. The number of hydrogen-bond donors (Lipinski definition) is 0. The molecule has 2 aliphatic rings. The highest BCUT2D eigenvalue weighted by Crippen LogP contribution is 2.36. The largest absolute Gasteiger partial charge is 0.481 e. The van der Waals surface area contributed by atoms with E-state index in [2.05, 4.69) is 24.8 Å². The minimum absolute atomic E-state index is 0.263. The molecule has 152 valence electrons. The van der Waals surface area contributed by atoms with Crippen molar-refractivity contribution in [2.75, 3.05) is 19.6 Å². The van der Waals surface area contributed by atoms with E-state index in [4.69, 9.17) is 4.74 Å². The van der Waals surface area contributed by atoms with Gasteiger partial charge in [-0.05, 0) is 56.9 Å². The first-order chi connectivity index (χ1) is 13.4. The lowest BCUT2D eigenvalue weighted by atomic mass is 10.1. The molecule has 0 aliphatic carbocycles. The summed E-state index contributed by atoms with van der Waals surface area (Å²) >= 11 is 1.61. The Balaban J connectivity index is 1.42. The van der Waals surface area contributed by atoms with Gasteiger partial charge < -0.3 is 9.64 Å². The number of benzene rings is 1. The lowest BCUT2D eigenvalue weighted by Gasteiger charge is -2.34. The van der Waals surface area contributed by atoms with E-state index in [1.54, 1.807) is 39.9 Å². The van der Waals surface area contributed by atoms with Gasteiger partial charge in [0.25, 0.3) is 0 Å². The Hall–Kier alpha value is -1.41. The molecule has 0 amide bonds. The first-order valence-corrected chi connectivity index (χ1v) is 12.3. The van der Waals surface area contributed by atoms with Crippen molar-refractivity contribution in [2.45, 2.75) is 56.7 Å². The highest BCUT2D eigenvalue weighted by molar-refractivity contribution is 7.89. The number of fused-ring (bicyclic) bond motifs is 1. The molecule has 4 rings (SSSR count). The van der Waals surface area contributed by atoms with Crippen molar-refractivity contribution in [3.63, 3.8) is 0 Å². The van der Waals surface area contributed by atoms with Gasteiger partial charge in [-0.25, -0.2) is 8.42 Å². The van der Waals surface area contributed by atoms with Crippen LogP contribution >= 0.6 is 11.3 Å². The van der Waals surface area contributed by atoms with Crippen molar-refractivity contribution in [3.05, 3.63) is 46.8 Å². The Morgan fingerprint density at radius 1 is 1.11 bits per heavy atom. The van der Waals surface area contributed by atoms with Crippen LogP contribution in [0.25, 0.3) is 0 Å². The maximum Gasteiger partial charge on any atom is 0.243 e. The van der Waals surface area contributed by atoms with Crippen molar-refractivity contribution < 1.29 is 13.2 Å². The van der Waals surface area contributed by atoms with Crippen LogP contribution in [0.15, 0.2) is 41.3 Å². The second-order valence-corrected chi connectivity index (χ2v) is 10.9. The van der Waals surface area contributed by atoms with Crippen LogP contribution in [-0.2, 0) is 23.0 Å². The molecule has 28 heavy (non-hydrogen) atoms. The SMILES string of the molecule is CC(C)N1CCC(Oc2cc3c(s2)CN(S(=O)(=O)c2ccccc2)CC3)CC1. The molecule has 1 aromatic carbocycles. The lowest BCUT2D eigenvalue weighted by molar-refractivity contribution is 0.0868. The summed E-state index contributed by atoms with van der Waals surface area (Å²) in [5.74, 6) is 0. The van der Waals surface area contributed by atoms with Crippen molar-refractivity contribution in [1.82, 2.24) is 9.21 Å². The van der Waals surface area contributed by atoms with E-state index < -0.39 is 10.0 Å². The fraction of sp³-hybridized carbons (Fsp3) is 0.524. The Morgan fingerprint density at radius 2 is 1.82 bits per heavy atom. The van der Waals surface area contributed by atoms with E-state index in [1.165, 1.54) is 5.56 Å². The molecule has 1 saturated heterocycles. The summed E-state index contributed by atoms with van der Waals surface area (Å²) in [6, 6.07) is 11.4. The molecule has 0 spiro atoms.